The lowest BCUT2D eigenvalue weighted by molar-refractivity contribution is -0.136. The first-order chi connectivity index (χ1) is 13.1. The van der Waals surface area contributed by atoms with Gasteiger partial charge in [0, 0.05) is 51.1 Å². The van der Waals surface area contributed by atoms with Crippen LogP contribution in [0.4, 0.5) is 0 Å². The number of likely N-dealkylation sites (tertiary alicyclic amines) is 2. The molecule has 3 rings (SSSR count). The van der Waals surface area contributed by atoms with E-state index in [1.54, 1.807) is 0 Å². The molecular weight excluding hydrogens is 354 g/mol. The third-order valence-electron chi connectivity index (χ3n) is 5.98. The molecule has 1 aromatic heterocycles. The molecule has 2 saturated heterocycles. The highest BCUT2D eigenvalue weighted by Gasteiger charge is 2.41. The smallest absolute Gasteiger partial charge is 0.227 e. The summed E-state index contributed by atoms with van der Waals surface area (Å²) in [5.74, 6) is 0.461. The molecule has 0 saturated carbocycles. The van der Waals surface area contributed by atoms with Crippen LogP contribution in [0.25, 0.3) is 0 Å². The molecule has 0 aromatic carbocycles. The lowest BCUT2D eigenvalue weighted by atomic mass is 9.92. The van der Waals surface area contributed by atoms with Crippen LogP contribution in [0.1, 0.15) is 57.3 Å². The maximum absolute atomic E-state index is 13.0. The van der Waals surface area contributed by atoms with Crippen LogP contribution in [0.3, 0.4) is 0 Å². The molecule has 2 amide bonds. The van der Waals surface area contributed by atoms with Crippen LogP contribution >= 0.6 is 0 Å². The summed E-state index contributed by atoms with van der Waals surface area (Å²) in [4.78, 5) is 31.2. The van der Waals surface area contributed by atoms with Crippen LogP contribution in [0.15, 0.2) is 6.07 Å². The third kappa shape index (κ3) is 4.40. The zero-order valence-electron chi connectivity index (χ0n) is 18.2. The van der Waals surface area contributed by atoms with Crippen molar-refractivity contribution >= 4 is 11.8 Å². The van der Waals surface area contributed by atoms with Crippen molar-refractivity contribution in [1.29, 1.82) is 0 Å². The van der Waals surface area contributed by atoms with Crippen LogP contribution in [-0.2, 0) is 23.2 Å². The first-order valence-electron chi connectivity index (χ1n) is 10.3. The SMILES string of the molecule is CN(C)Cc1cc(C2CCN(C(=O)C3CC(=O)N(C(C)(C)C)C3)CC2)nn1C. The highest BCUT2D eigenvalue weighted by Crippen LogP contribution is 2.31. The van der Waals surface area contributed by atoms with Crippen molar-refractivity contribution in [3.8, 4) is 0 Å². The van der Waals surface area contributed by atoms with Gasteiger partial charge in [-0.1, -0.05) is 0 Å². The van der Waals surface area contributed by atoms with Gasteiger partial charge >= 0.3 is 0 Å². The van der Waals surface area contributed by atoms with E-state index in [0.717, 1.165) is 38.2 Å². The molecule has 1 atom stereocenters. The average molecular weight is 390 g/mol. The molecule has 0 N–H and O–H groups in total. The largest absolute Gasteiger partial charge is 0.342 e. The quantitative estimate of drug-likeness (QED) is 0.788. The van der Waals surface area contributed by atoms with Crippen molar-refractivity contribution in [2.24, 2.45) is 13.0 Å². The van der Waals surface area contributed by atoms with Crippen molar-refractivity contribution in [3.63, 3.8) is 0 Å². The fourth-order valence-electron chi connectivity index (χ4n) is 4.38. The second-order valence-corrected chi connectivity index (χ2v) is 9.60. The van der Waals surface area contributed by atoms with Crippen molar-refractivity contribution in [2.75, 3.05) is 33.7 Å². The number of hydrogen-bond donors (Lipinski definition) is 0. The number of nitrogens with zero attached hydrogens (tertiary/aromatic N) is 5. The average Bonchev–Trinajstić information content (AvgIpc) is 3.17. The molecule has 2 aliphatic heterocycles. The maximum Gasteiger partial charge on any atom is 0.227 e. The number of carbonyl (C=O) groups is 2. The van der Waals surface area contributed by atoms with Gasteiger partial charge in [0.2, 0.25) is 11.8 Å². The lowest BCUT2D eigenvalue weighted by Crippen LogP contribution is -2.45. The lowest BCUT2D eigenvalue weighted by Gasteiger charge is -2.34. The predicted molar refractivity (Wildman–Crippen MR) is 109 cm³/mol. The van der Waals surface area contributed by atoms with Crippen LogP contribution < -0.4 is 0 Å². The van der Waals surface area contributed by atoms with Crippen LogP contribution in [0.5, 0.6) is 0 Å². The summed E-state index contributed by atoms with van der Waals surface area (Å²) >= 11 is 0. The van der Waals surface area contributed by atoms with Gasteiger partial charge in [-0.05, 0) is 53.8 Å². The van der Waals surface area contributed by atoms with Crippen molar-refractivity contribution in [1.82, 2.24) is 24.5 Å². The van der Waals surface area contributed by atoms with E-state index in [2.05, 4.69) is 25.1 Å². The highest BCUT2D eigenvalue weighted by atomic mass is 16.2. The predicted octanol–water partition coefficient (Wildman–Crippen LogP) is 1.83. The number of aromatic nitrogens is 2. The summed E-state index contributed by atoms with van der Waals surface area (Å²) in [6.45, 7) is 9.02. The van der Waals surface area contributed by atoms with Crippen LogP contribution in [0.2, 0.25) is 0 Å². The summed E-state index contributed by atoms with van der Waals surface area (Å²) < 4.78 is 1.97. The highest BCUT2D eigenvalue weighted by molar-refractivity contribution is 5.89. The standard InChI is InChI=1S/C21H35N5O2/c1-21(2,3)26-13-16(11-19(26)27)20(28)25-9-7-15(8-10-25)18-12-17(14-23(4)5)24(6)22-18/h12,15-16H,7-11,13-14H2,1-6H3. The second kappa shape index (κ2) is 7.85. The normalized spacial score (nSPS) is 21.8. The zero-order valence-corrected chi connectivity index (χ0v) is 18.2. The number of carbonyl (C=O) groups excluding carboxylic acids is 2. The molecule has 28 heavy (non-hydrogen) atoms. The monoisotopic (exact) mass is 389 g/mol. The Morgan fingerprint density at radius 1 is 1.25 bits per heavy atom. The van der Waals surface area contributed by atoms with E-state index in [9.17, 15) is 9.59 Å². The molecule has 2 fully saturated rings. The summed E-state index contributed by atoms with van der Waals surface area (Å²) in [5, 5.41) is 4.72. The maximum atomic E-state index is 13.0. The molecule has 2 aliphatic rings. The Kier molecular flexibility index (Phi) is 5.84. The van der Waals surface area contributed by atoms with E-state index in [1.807, 2.05) is 42.3 Å². The van der Waals surface area contributed by atoms with Crippen LogP contribution in [0, 0.1) is 5.92 Å². The first kappa shape index (κ1) is 20.8. The molecule has 156 valence electrons. The van der Waals surface area contributed by atoms with Crippen LogP contribution in [-0.4, -0.2) is 75.6 Å². The molecule has 1 aromatic rings. The number of rotatable bonds is 4. The number of aryl methyl sites for hydroxylation is 1. The Bertz CT molecular complexity index is 726. The van der Waals surface area contributed by atoms with Gasteiger partial charge in [-0.2, -0.15) is 5.10 Å². The molecule has 0 spiro atoms. The van der Waals surface area contributed by atoms with E-state index in [-0.39, 0.29) is 23.3 Å². The number of piperidine rings is 1. The van der Waals surface area contributed by atoms with Crippen molar-refractivity contribution < 1.29 is 9.59 Å². The van der Waals surface area contributed by atoms with Gasteiger partial charge in [0.05, 0.1) is 17.3 Å². The minimum Gasteiger partial charge on any atom is -0.342 e. The fraction of sp³-hybridized carbons (Fsp3) is 0.762. The summed E-state index contributed by atoms with van der Waals surface area (Å²) in [6, 6.07) is 2.21. The van der Waals surface area contributed by atoms with Gasteiger partial charge in [0.15, 0.2) is 0 Å². The second-order valence-electron chi connectivity index (χ2n) is 9.60. The molecule has 7 nitrogen and oxygen atoms in total. The molecular formula is C21H35N5O2. The fourth-order valence-corrected chi connectivity index (χ4v) is 4.38. The Labute approximate surface area is 168 Å². The van der Waals surface area contributed by atoms with Gasteiger partial charge < -0.3 is 14.7 Å². The van der Waals surface area contributed by atoms with E-state index in [0.29, 0.717) is 18.9 Å². The Morgan fingerprint density at radius 3 is 2.43 bits per heavy atom. The summed E-state index contributed by atoms with van der Waals surface area (Å²) in [5.41, 5.74) is 2.13. The van der Waals surface area contributed by atoms with Gasteiger partial charge in [-0.25, -0.2) is 0 Å². The van der Waals surface area contributed by atoms with Gasteiger partial charge in [0.25, 0.3) is 0 Å². The molecule has 7 heteroatoms. The molecule has 0 bridgehead atoms. The number of amides is 2. The van der Waals surface area contributed by atoms with E-state index < -0.39 is 0 Å². The zero-order chi connectivity index (χ0) is 20.6. The number of hydrogen-bond acceptors (Lipinski definition) is 4. The summed E-state index contributed by atoms with van der Waals surface area (Å²) in [7, 11) is 6.12. The molecule has 1 unspecified atom stereocenters. The van der Waals surface area contributed by atoms with Crippen molar-refractivity contribution in [3.05, 3.63) is 17.5 Å². The minimum absolute atomic E-state index is 0.0997. The molecule has 3 heterocycles. The summed E-state index contributed by atoms with van der Waals surface area (Å²) in [6.07, 6.45) is 2.23. The van der Waals surface area contributed by atoms with E-state index in [4.69, 9.17) is 5.10 Å². The van der Waals surface area contributed by atoms with E-state index in [1.165, 1.54) is 5.69 Å². The Morgan fingerprint density at radius 2 is 1.89 bits per heavy atom. The van der Waals surface area contributed by atoms with Crippen molar-refractivity contribution in [2.45, 2.75) is 58.0 Å². The Hall–Kier alpha value is -1.89. The molecule has 0 aliphatic carbocycles. The third-order valence-corrected chi connectivity index (χ3v) is 5.98. The topological polar surface area (TPSA) is 61.7 Å². The Balaban J connectivity index is 1.57. The van der Waals surface area contributed by atoms with Gasteiger partial charge in [-0.3, -0.25) is 14.3 Å². The minimum atomic E-state index is -0.220. The molecule has 0 radical (unpaired) electrons. The first-order valence-corrected chi connectivity index (χ1v) is 10.3. The van der Waals surface area contributed by atoms with Gasteiger partial charge in [-0.15, -0.1) is 0 Å². The van der Waals surface area contributed by atoms with E-state index >= 15 is 0 Å². The van der Waals surface area contributed by atoms with Gasteiger partial charge in [0.1, 0.15) is 0 Å².